The molecule has 2 aromatic rings. The zero-order valence-corrected chi connectivity index (χ0v) is 13.0. The van der Waals surface area contributed by atoms with Crippen LogP contribution < -0.4 is 11.1 Å². The van der Waals surface area contributed by atoms with Gasteiger partial charge >= 0.3 is 0 Å². The minimum absolute atomic E-state index is 0.442. The molecular weight excluding hydrogens is 320 g/mol. The molecule has 0 saturated heterocycles. The minimum Gasteiger partial charge on any atom is -0.389 e. The third-order valence-corrected chi connectivity index (χ3v) is 3.65. The first-order valence-corrected chi connectivity index (χ1v) is 7.15. The van der Waals surface area contributed by atoms with Gasteiger partial charge in [0.25, 0.3) is 0 Å². The molecule has 98 valence electrons. The van der Waals surface area contributed by atoms with Crippen LogP contribution in [0.15, 0.2) is 46.9 Å². The number of thiocarbonyl (C=S) groups is 1. The normalized spacial score (nSPS) is 10.2. The van der Waals surface area contributed by atoms with Gasteiger partial charge in [-0.15, -0.1) is 0 Å². The van der Waals surface area contributed by atoms with Crippen LogP contribution in [0.3, 0.4) is 0 Å². The highest BCUT2D eigenvalue weighted by Gasteiger charge is 2.02. The van der Waals surface area contributed by atoms with Crippen molar-refractivity contribution in [2.24, 2.45) is 5.73 Å². The number of hydrogen-bond acceptors (Lipinski definition) is 2. The molecule has 19 heavy (non-hydrogen) atoms. The van der Waals surface area contributed by atoms with Crippen LogP contribution in [-0.2, 0) is 6.54 Å². The van der Waals surface area contributed by atoms with Gasteiger partial charge < -0.3 is 11.1 Å². The summed E-state index contributed by atoms with van der Waals surface area (Å²) in [5, 5.41) is 3.39. The van der Waals surface area contributed by atoms with Crippen molar-refractivity contribution in [1.82, 2.24) is 0 Å². The molecule has 2 nitrogen and oxygen atoms in total. The van der Waals surface area contributed by atoms with Gasteiger partial charge in [-0.1, -0.05) is 40.3 Å². The average Bonchev–Trinajstić information content (AvgIpc) is 2.37. The predicted molar refractivity (Wildman–Crippen MR) is 88.5 cm³/mol. The van der Waals surface area contributed by atoms with E-state index in [0.717, 1.165) is 27.8 Å². The fraction of sp³-hybridized carbons (Fsp3) is 0.133. The molecule has 0 bridgehead atoms. The number of rotatable bonds is 4. The summed E-state index contributed by atoms with van der Waals surface area (Å²) in [6.45, 7) is 2.80. The van der Waals surface area contributed by atoms with E-state index in [-0.39, 0.29) is 0 Å². The number of hydrogen-bond donors (Lipinski definition) is 2. The van der Waals surface area contributed by atoms with Crippen LogP contribution in [0.25, 0.3) is 0 Å². The SMILES string of the molecule is Cc1cc(NCc2ccc(Br)cc2)ccc1C(N)=S. The molecule has 0 radical (unpaired) electrons. The van der Waals surface area contributed by atoms with Gasteiger partial charge in [-0.3, -0.25) is 0 Å². The Morgan fingerprint density at radius 1 is 1.21 bits per heavy atom. The van der Waals surface area contributed by atoms with E-state index in [1.165, 1.54) is 5.56 Å². The fourth-order valence-electron chi connectivity index (χ4n) is 1.86. The van der Waals surface area contributed by atoms with Crippen molar-refractivity contribution >= 4 is 38.8 Å². The molecule has 0 unspecified atom stereocenters. The topological polar surface area (TPSA) is 38.0 Å². The van der Waals surface area contributed by atoms with E-state index in [1.807, 2.05) is 31.2 Å². The Morgan fingerprint density at radius 2 is 1.89 bits per heavy atom. The lowest BCUT2D eigenvalue weighted by molar-refractivity contribution is 1.14. The van der Waals surface area contributed by atoms with Gasteiger partial charge in [-0.2, -0.15) is 0 Å². The Hall–Kier alpha value is -1.39. The van der Waals surface area contributed by atoms with E-state index in [4.69, 9.17) is 18.0 Å². The Labute approximate surface area is 127 Å². The second-order valence-corrected chi connectivity index (χ2v) is 5.73. The minimum atomic E-state index is 0.442. The Bertz CT molecular complexity index is 594. The summed E-state index contributed by atoms with van der Waals surface area (Å²) in [5.74, 6) is 0. The summed E-state index contributed by atoms with van der Waals surface area (Å²) >= 11 is 8.43. The van der Waals surface area contributed by atoms with Crippen LogP contribution in [0.1, 0.15) is 16.7 Å². The van der Waals surface area contributed by atoms with Gasteiger partial charge in [0.1, 0.15) is 4.99 Å². The maximum atomic E-state index is 5.65. The molecule has 3 N–H and O–H groups in total. The molecule has 0 heterocycles. The summed E-state index contributed by atoms with van der Waals surface area (Å²) in [4.78, 5) is 0.442. The molecule has 2 aromatic carbocycles. The highest BCUT2D eigenvalue weighted by molar-refractivity contribution is 9.10. The van der Waals surface area contributed by atoms with Crippen molar-refractivity contribution in [2.75, 3.05) is 5.32 Å². The Kier molecular flexibility index (Phi) is 4.56. The molecule has 0 aliphatic rings. The van der Waals surface area contributed by atoms with Crippen molar-refractivity contribution in [3.8, 4) is 0 Å². The lowest BCUT2D eigenvalue weighted by Crippen LogP contribution is -2.11. The first-order chi connectivity index (χ1) is 9.06. The quantitative estimate of drug-likeness (QED) is 0.830. The summed E-state index contributed by atoms with van der Waals surface area (Å²) in [7, 11) is 0. The van der Waals surface area contributed by atoms with Crippen LogP contribution in [0, 0.1) is 6.92 Å². The van der Waals surface area contributed by atoms with E-state index in [9.17, 15) is 0 Å². The zero-order chi connectivity index (χ0) is 13.8. The number of nitrogens with one attached hydrogen (secondary N) is 1. The number of benzene rings is 2. The van der Waals surface area contributed by atoms with Crippen LogP contribution in [0.5, 0.6) is 0 Å². The van der Waals surface area contributed by atoms with E-state index in [1.54, 1.807) is 0 Å². The third-order valence-electron chi connectivity index (χ3n) is 2.90. The van der Waals surface area contributed by atoms with E-state index in [0.29, 0.717) is 4.99 Å². The van der Waals surface area contributed by atoms with Gasteiger partial charge in [-0.25, -0.2) is 0 Å². The zero-order valence-electron chi connectivity index (χ0n) is 10.6. The van der Waals surface area contributed by atoms with Crippen LogP contribution >= 0.6 is 28.1 Å². The lowest BCUT2D eigenvalue weighted by atomic mass is 10.1. The second kappa shape index (κ2) is 6.17. The van der Waals surface area contributed by atoms with Gasteiger partial charge in [0, 0.05) is 22.3 Å². The van der Waals surface area contributed by atoms with Crippen molar-refractivity contribution in [1.29, 1.82) is 0 Å². The van der Waals surface area contributed by atoms with E-state index < -0.39 is 0 Å². The monoisotopic (exact) mass is 334 g/mol. The maximum absolute atomic E-state index is 5.65. The van der Waals surface area contributed by atoms with Crippen molar-refractivity contribution < 1.29 is 0 Å². The van der Waals surface area contributed by atoms with Crippen LogP contribution in [-0.4, -0.2) is 4.99 Å². The second-order valence-electron chi connectivity index (χ2n) is 4.37. The summed E-state index contributed by atoms with van der Waals surface area (Å²) in [6.07, 6.45) is 0. The molecule has 0 fully saturated rings. The van der Waals surface area contributed by atoms with Gasteiger partial charge in [-0.05, 0) is 48.4 Å². The predicted octanol–water partition coefficient (Wildman–Crippen LogP) is 4.00. The molecule has 4 heteroatoms. The van der Waals surface area contributed by atoms with Crippen LogP contribution in [0.4, 0.5) is 5.69 Å². The largest absolute Gasteiger partial charge is 0.389 e. The highest BCUT2D eigenvalue weighted by Crippen LogP contribution is 2.17. The molecule has 0 amide bonds. The average molecular weight is 335 g/mol. The third kappa shape index (κ3) is 3.78. The number of aryl methyl sites for hydroxylation is 1. The first kappa shape index (κ1) is 14.0. The number of nitrogens with two attached hydrogens (primary N) is 1. The van der Waals surface area contributed by atoms with E-state index in [2.05, 4.69) is 39.4 Å². The molecule has 0 aliphatic carbocycles. The van der Waals surface area contributed by atoms with E-state index >= 15 is 0 Å². The highest BCUT2D eigenvalue weighted by atomic mass is 79.9. The number of halogens is 1. The standard InChI is InChI=1S/C15H15BrN2S/c1-10-8-13(6-7-14(10)15(17)19)18-9-11-2-4-12(16)5-3-11/h2-8,18H,9H2,1H3,(H2,17,19). The van der Waals surface area contributed by atoms with Gasteiger partial charge in [0.05, 0.1) is 0 Å². The molecule has 0 aromatic heterocycles. The number of anilines is 1. The van der Waals surface area contributed by atoms with Crippen molar-refractivity contribution in [3.63, 3.8) is 0 Å². The molecule has 0 saturated carbocycles. The lowest BCUT2D eigenvalue weighted by Gasteiger charge is -2.10. The molecule has 0 atom stereocenters. The molecule has 2 rings (SSSR count). The van der Waals surface area contributed by atoms with Gasteiger partial charge in [0.2, 0.25) is 0 Å². The van der Waals surface area contributed by atoms with Gasteiger partial charge in [0.15, 0.2) is 0 Å². The maximum Gasteiger partial charge on any atom is 0.104 e. The Morgan fingerprint density at radius 3 is 2.47 bits per heavy atom. The Balaban J connectivity index is 2.06. The molecular formula is C15H15BrN2S. The molecule has 0 aliphatic heterocycles. The smallest absolute Gasteiger partial charge is 0.104 e. The summed E-state index contributed by atoms with van der Waals surface area (Å²) in [6, 6.07) is 14.3. The fourth-order valence-corrected chi connectivity index (χ4v) is 2.35. The van der Waals surface area contributed by atoms with Crippen molar-refractivity contribution in [3.05, 3.63) is 63.6 Å². The summed E-state index contributed by atoms with van der Waals surface area (Å²) in [5.41, 5.74) is 9.98. The van der Waals surface area contributed by atoms with Crippen molar-refractivity contribution in [2.45, 2.75) is 13.5 Å². The summed E-state index contributed by atoms with van der Waals surface area (Å²) < 4.78 is 1.09. The first-order valence-electron chi connectivity index (χ1n) is 5.95. The van der Waals surface area contributed by atoms with Crippen LogP contribution in [0.2, 0.25) is 0 Å². The molecule has 0 spiro atoms.